The summed E-state index contributed by atoms with van der Waals surface area (Å²) in [6.45, 7) is 9.04. The Balaban J connectivity index is 1.09. The van der Waals surface area contributed by atoms with E-state index < -0.39 is 19.1 Å². The number of carbonyl (C=O) groups is 5. The van der Waals surface area contributed by atoms with E-state index in [0.717, 1.165) is 0 Å². The van der Waals surface area contributed by atoms with Gasteiger partial charge in [0.1, 0.15) is 34.5 Å². The van der Waals surface area contributed by atoms with Gasteiger partial charge in [-0.15, -0.1) is 0 Å². The minimum Gasteiger partial charge on any atom is -0.497 e. The fourth-order valence-corrected chi connectivity index (χ4v) is 9.50. The van der Waals surface area contributed by atoms with Gasteiger partial charge in [-0.2, -0.15) is 0 Å². The van der Waals surface area contributed by atoms with E-state index in [-0.39, 0.29) is 225 Å². The molecule has 3 aromatic rings. The molecule has 3 heterocycles. The van der Waals surface area contributed by atoms with E-state index >= 15 is 0 Å². The summed E-state index contributed by atoms with van der Waals surface area (Å²) in [6, 6.07) is 14.6. The first-order valence-electron chi connectivity index (χ1n) is 32.0. The Labute approximate surface area is 551 Å². The molecule has 5 amide bonds. The van der Waals surface area contributed by atoms with Crippen LogP contribution >= 0.6 is 0 Å². The van der Waals surface area contributed by atoms with E-state index in [1.807, 2.05) is 0 Å². The lowest BCUT2D eigenvalue weighted by molar-refractivity contribution is -0.135. The van der Waals surface area contributed by atoms with Gasteiger partial charge in [-0.05, 0) is 36.4 Å². The van der Waals surface area contributed by atoms with Crippen molar-refractivity contribution in [1.29, 1.82) is 0 Å². The number of carbonyl (C=O) groups excluding carboxylic acids is 5. The van der Waals surface area contributed by atoms with Crippen LogP contribution in [-0.4, -0.2) is 333 Å². The molecule has 0 aromatic heterocycles. The minimum absolute atomic E-state index is 0.130. The number of methoxy groups -OCH3 is 4. The molecule has 29 heteroatoms. The van der Waals surface area contributed by atoms with Gasteiger partial charge in [-0.25, -0.2) is 0 Å². The number of benzene rings is 3. The number of amides is 5. The maximum atomic E-state index is 14.6. The number of nitrogens with one attached hydrogen (secondary N) is 1. The number of ether oxygens (including phenoxy) is 18. The molecule has 526 valence electrons. The zero-order valence-corrected chi connectivity index (χ0v) is 55.2. The summed E-state index contributed by atoms with van der Waals surface area (Å²) in [7, 11) is 6.09. The molecular weight excluding hydrogens is 1230 g/mol. The van der Waals surface area contributed by atoms with Crippen molar-refractivity contribution in [3.8, 4) is 34.5 Å². The number of nitrogens with zero attached hydrogens (tertiary/aromatic N) is 5. The lowest BCUT2D eigenvalue weighted by Crippen LogP contribution is -2.40. The molecule has 0 aliphatic carbocycles. The van der Waals surface area contributed by atoms with Crippen molar-refractivity contribution in [1.82, 2.24) is 29.8 Å². The summed E-state index contributed by atoms with van der Waals surface area (Å²) in [5.74, 6) is 0.568. The average Bonchev–Trinajstić information content (AvgIpc) is 0.937. The first-order valence-corrected chi connectivity index (χ1v) is 32.0. The van der Waals surface area contributed by atoms with E-state index in [9.17, 15) is 24.0 Å². The molecule has 94 heavy (non-hydrogen) atoms. The zero-order chi connectivity index (χ0) is 66.6. The van der Waals surface area contributed by atoms with Crippen LogP contribution in [0.15, 0.2) is 54.6 Å². The maximum Gasteiger partial charge on any atom is 0.260 e. The summed E-state index contributed by atoms with van der Waals surface area (Å²) in [6.07, 6.45) is 0. The van der Waals surface area contributed by atoms with Gasteiger partial charge < -0.3 is 115 Å². The van der Waals surface area contributed by atoms with Crippen LogP contribution in [-0.2, 0) is 66.4 Å². The Morgan fingerprint density at radius 3 is 0.723 bits per heavy atom. The van der Waals surface area contributed by atoms with Gasteiger partial charge in [0.15, 0.2) is 13.2 Å². The van der Waals surface area contributed by atoms with Crippen LogP contribution in [0.5, 0.6) is 34.5 Å². The lowest BCUT2D eigenvalue weighted by Gasteiger charge is -2.25. The summed E-state index contributed by atoms with van der Waals surface area (Å²) < 4.78 is 104. The fourth-order valence-electron chi connectivity index (χ4n) is 9.50. The van der Waals surface area contributed by atoms with Crippen molar-refractivity contribution in [2.24, 2.45) is 0 Å². The molecule has 6 rings (SSSR count). The van der Waals surface area contributed by atoms with Gasteiger partial charge in [0, 0.05) is 113 Å². The summed E-state index contributed by atoms with van der Waals surface area (Å²) >= 11 is 0. The van der Waals surface area contributed by atoms with Gasteiger partial charge >= 0.3 is 0 Å². The van der Waals surface area contributed by atoms with E-state index in [1.165, 1.54) is 46.6 Å². The van der Waals surface area contributed by atoms with Gasteiger partial charge in [0.25, 0.3) is 29.5 Å². The Morgan fingerprint density at radius 1 is 0.287 bits per heavy atom. The molecule has 3 saturated heterocycles. The van der Waals surface area contributed by atoms with Crippen LogP contribution in [0.4, 0.5) is 0 Å². The van der Waals surface area contributed by atoms with Gasteiger partial charge in [-0.3, -0.25) is 24.0 Å². The first-order chi connectivity index (χ1) is 46.1. The highest BCUT2D eigenvalue weighted by atomic mass is 16.6. The highest BCUT2D eigenvalue weighted by Crippen LogP contribution is 2.27. The SMILES string of the molecule is COc1cc(OC)cc(C(=O)N2CCOCCOCCN(C(=O)COc3cc(OCC(=O)N4CCOCCOCCN(C(=O)c5cc(OC)cc(OC)c5)CCOCCOCC4)cc(C(=O)N4CCOCCOCCNCCOCCOCC4)c3)CCOCCOCC2)c1. The molecule has 0 radical (unpaired) electrons. The van der Waals surface area contributed by atoms with Crippen molar-refractivity contribution >= 4 is 29.5 Å². The van der Waals surface area contributed by atoms with Crippen LogP contribution in [0.25, 0.3) is 0 Å². The molecule has 29 nitrogen and oxygen atoms in total. The molecule has 0 saturated carbocycles. The third-order valence-electron chi connectivity index (χ3n) is 14.7. The van der Waals surface area contributed by atoms with Crippen LogP contribution in [0.3, 0.4) is 0 Å². The standard InChI is InChI=1S/C65H98N6O23/c1-77-55-41-52(42-56(47-55)78-2)63(74)69-11-25-89-37-33-83-19-7-67(8-20-84-34-38-90-26-12-69)61(72)50-93-59-45-54(65(76)71-15-23-87-31-29-81-17-5-66-6-18-82-30-32-88-24-16-71)46-60(49-59)94-51-62(73)68-9-21-85-35-39-91-27-13-70(14-28-92-40-36-86-22-10-68)64(75)53-43-57(79-3)48-58(44-53)80-4/h41-49,66H,5-40,50-51H2,1-4H3. The van der Waals surface area contributed by atoms with Crippen LogP contribution in [0.2, 0.25) is 0 Å². The molecular formula is C65H98N6O23. The quantitative estimate of drug-likeness (QED) is 0.255. The van der Waals surface area contributed by atoms with Crippen LogP contribution < -0.4 is 33.7 Å². The predicted octanol–water partition coefficient (Wildman–Crippen LogP) is 1.69. The van der Waals surface area contributed by atoms with Crippen LogP contribution in [0.1, 0.15) is 31.1 Å². The molecule has 0 bridgehead atoms. The number of rotatable bonds is 13. The second kappa shape index (κ2) is 46.4. The zero-order valence-electron chi connectivity index (χ0n) is 55.2. The molecule has 3 fully saturated rings. The molecule has 0 atom stereocenters. The monoisotopic (exact) mass is 1330 g/mol. The Hall–Kier alpha value is -6.71. The fraction of sp³-hybridized carbons (Fsp3) is 0.646. The van der Waals surface area contributed by atoms with Crippen molar-refractivity contribution in [2.75, 3.05) is 279 Å². The largest absolute Gasteiger partial charge is 0.497 e. The Bertz CT molecular complexity index is 2410. The number of hydrogen-bond acceptors (Lipinski definition) is 24. The summed E-state index contributed by atoms with van der Waals surface area (Å²) in [5.41, 5.74) is 0.963. The normalized spacial score (nSPS) is 18.9. The summed E-state index contributed by atoms with van der Waals surface area (Å²) in [4.78, 5) is 78.2. The topological polar surface area (TPSA) is 280 Å². The van der Waals surface area contributed by atoms with E-state index in [4.69, 9.17) is 85.3 Å². The second-order valence-electron chi connectivity index (χ2n) is 21.2. The van der Waals surface area contributed by atoms with Crippen molar-refractivity contribution < 1.29 is 109 Å². The lowest BCUT2D eigenvalue weighted by atomic mass is 10.1. The Kier molecular flexibility index (Phi) is 37.7. The van der Waals surface area contributed by atoms with Gasteiger partial charge in [-0.1, -0.05) is 0 Å². The van der Waals surface area contributed by atoms with Gasteiger partial charge in [0.05, 0.1) is 187 Å². The molecule has 3 aliphatic rings. The third kappa shape index (κ3) is 29.5. The Morgan fingerprint density at radius 2 is 0.489 bits per heavy atom. The first kappa shape index (κ1) is 76.3. The van der Waals surface area contributed by atoms with E-state index in [1.54, 1.807) is 60.9 Å². The molecule has 3 aliphatic heterocycles. The molecule has 0 spiro atoms. The van der Waals surface area contributed by atoms with E-state index in [2.05, 4.69) is 5.32 Å². The highest BCUT2D eigenvalue weighted by molar-refractivity contribution is 5.96. The molecule has 3 aromatic carbocycles. The van der Waals surface area contributed by atoms with Crippen LogP contribution in [0, 0.1) is 0 Å². The minimum atomic E-state index is -0.437. The smallest absolute Gasteiger partial charge is 0.260 e. The molecule has 0 unspecified atom stereocenters. The maximum absolute atomic E-state index is 14.6. The molecule has 1 N–H and O–H groups in total. The number of hydrogen-bond donors (Lipinski definition) is 1. The van der Waals surface area contributed by atoms with Crippen molar-refractivity contribution in [3.05, 3.63) is 71.3 Å². The van der Waals surface area contributed by atoms with E-state index in [0.29, 0.717) is 86.9 Å². The van der Waals surface area contributed by atoms with Crippen molar-refractivity contribution in [3.63, 3.8) is 0 Å². The second-order valence-corrected chi connectivity index (χ2v) is 21.2. The predicted molar refractivity (Wildman–Crippen MR) is 340 cm³/mol. The van der Waals surface area contributed by atoms with Gasteiger partial charge in [0.2, 0.25) is 0 Å². The highest BCUT2D eigenvalue weighted by Gasteiger charge is 2.24. The average molecular weight is 1330 g/mol. The third-order valence-corrected chi connectivity index (χ3v) is 14.7. The summed E-state index contributed by atoms with van der Waals surface area (Å²) in [5, 5.41) is 3.26. The van der Waals surface area contributed by atoms with Crippen molar-refractivity contribution in [2.45, 2.75) is 0 Å².